The lowest BCUT2D eigenvalue weighted by Crippen LogP contribution is -2.23. The zero-order valence-corrected chi connectivity index (χ0v) is 14.7. The molecule has 0 bridgehead atoms. The normalized spacial score (nSPS) is 12.6. The van der Waals surface area contributed by atoms with Gasteiger partial charge >= 0.3 is 0 Å². The minimum Gasteiger partial charge on any atom is -0.394 e. The first kappa shape index (κ1) is 17.7. The van der Waals surface area contributed by atoms with Gasteiger partial charge in [0.15, 0.2) is 11.6 Å². The van der Waals surface area contributed by atoms with E-state index in [1.165, 1.54) is 6.07 Å². The van der Waals surface area contributed by atoms with Crippen LogP contribution in [-0.4, -0.2) is 44.7 Å². The Morgan fingerprint density at radius 1 is 1.11 bits per heavy atom. The van der Waals surface area contributed by atoms with Crippen molar-refractivity contribution in [1.29, 1.82) is 0 Å². The number of hydrogen-bond donors (Lipinski definition) is 3. The van der Waals surface area contributed by atoms with Crippen molar-refractivity contribution in [2.45, 2.75) is 6.10 Å². The van der Waals surface area contributed by atoms with Gasteiger partial charge in [0.05, 0.1) is 12.7 Å². The summed E-state index contributed by atoms with van der Waals surface area (Å²) >= 11 is 0.744. The van der Waals surface area contributed by atoms with E-state index >= 15 is 0 Å². The van der Waals surface area contributed by atoms with Crippen LogP contribution in [0.5, 0.6) is 0 Å². The van der Waals surface area contributed by atoms with Crippen LogP contribution in [0.4, 0.5) is 14.6 Å². The van der Waals surface area contributed by atoms with Gasteiger partial charge in [-0.3, -0.25) is 4.98 Å². The number of nitrogens with zero attached hydrogens (tertiary/aromatic N) is 3. The average molecular weight is 388 g/mol. The molecule has 0 aliphatic heterocycles. The maximum Gasteiger partial charge on any atom is 0.213 e. The highest BCUT2D eigenvalue weighted by Crippen LogP contribution is 2.34. The molecule has 3 heterocycles. The number of nitrogens with one attached hydrogen (secondary N) is 1. The summed E-state index contributed by atoms with van der Waals surface area (Å²) in [6.45, 7) is -0.267. The van der Waals surface area contributed by atoms with Gasteiger partial charge in [-0.1, -0.05) is 6.07 Å². The molecule has 27 heavy (non-hydrogen) atoms. The summed E-state index contributed by atoms with van der Waals surface area (Å²) in [5.41, 5.74) is 1.23. The molecule has 0 amide bonds. The molecular weight excluding hydrogens is 374 g/mol. The lowest BCUT2D eigenvalue weighted by molar-refractivity contribution is 0.105. The summed E-state index contributed by atoms with van der Waals surface area (Å²) in [4.78, 5) is 4.10. The van der Waals surface area contributed by atoms with Crippen LogP contribution in [0.1, 0.15) is 0 Å². The summed E-state index contributed by atoms with van der Waals surface area (Å²) in [5, 5.41) is 30.6. The molecule has 0 aliphatic carbocycles. The standard InChI is InChI=1S/C18H14F2N4O2S/c19-15-12-2-1-9(5-14(12)27-17(15)20)16-11-3-4-21-7-13(11)18(24-23-16)22-6-10(26)8-25/h1-5,7,10,25-26H,6,8H2,(H,22,24)/t10-/m0/s1. The van der Waals surface area contributed by atoms with Crippen LogP contribution in [0.3, 0.4) is 0 Å². The fourth-order valence-electron chi connectivity index (χ4n) is 2.80. The first-order valence-electron chi connectivity index (χ1n) is 8.09. The second-order valence-electron chi connectivity index (χ2n) is 5.94. The van der Waals surface area contributed by atoms with Crippen molar-refractivity contribution < 1.29 is 19.0 Å². The average Bonchev–Trinajstić information content (AvgIpc) is 2.99. The van der Waals surface area contributed by atoms with Crippen LogP contribution in [-0.2, 0) is 0 Å². The van der Waals surface area contributed by atoms with E-state index < -0.39 is 17.1 Å². The number of fused-ring (bicyclic) bond motifs is 2. The maximum absolute atomic E-state index is 13.7. The first-order chi connectivity index (χ1) is 13.1. The molecule has 0 saturated carbocycles. The molecule has 0 spiro atoms. The summed E-state index contributed by atoms with van der Waals surface area (Å²) in [7, 11) is 0. The molecule has 6 nitrogen and oxygen atoms in total. The highest BCUT2D eigenvalue weighted by Gasteiger charge is 2.16. The fraction of sp³-hybridized carbons (Fsp3) is 0.167. The molecule has 1 atom stereocenters. The van der Waals surface area contributed by atoms with Gasteiger partial charge in [-0.2, -0.15) is 4.39 Å². The van der Waals surface area contributed by atoms with Gasteiger partial charge < -0.3 is 15.5 Å². The second-order valence-corrected chi connectivity index (χ2v) is 6.94. The summed E-state index contributed by atoms with van der Waals surface area (Å²) in [6.07, 6.45) is 2.30. The van der Waals surface area contributed by atoms with Gasteiger partial charge in [0.2, 0.25) is 5.13 Å². The Kier molecular flexibility index (Phi) is 4.65. The van der Waals surface area contributed by atoms with Gasteiger partial charge in [0.25, 0.3) is 0 Å². The van der Waals surface area contributed by atoms with E-state index in [4.69, 9.17) is 5.11 Å². The molecule has 0 aliphatic rings. The molecule has 0 saturated heterocycles. The first-order valence-corrected chi connectivity index (χ1v) is 8.91. The summed E-state index contributed by atoms with van der Waals surface area (Å²) in [5.74, 6) is -0.424. The Bertz CT molecular complexity index is 1140. The van der Waals surface area contributed by atoms with Crippen LogP contribution in [0.25, 0.3) is 32.1 Å². The third-order valence-electron chi connectivity index (χ3n) is 4.16. The van der Waals surface area contributed by atoms with Crippen molar-refractivity contribution in [2.24, 2.45) is 0 Å². The SMILES string of the molecule is OC[C@@H](O)CNc1nnc(-c2ccc3c(F)c(F)sc3c2)c2ccncc12. The van der Waals surface area contributed by atoms with E-state index in [0.29, 0.717) is 27.2 Å². The molecule has 138 valence electrons. The van der Waals surface area contributed by atoms with Crippen molar-refractivity contribution in [3.8, 4) is 11.3 Å². The summed E-state index contributed by atoms with van der Waals surface area (Å²) in [6, 6.07) is 6.65. The topological polar surface area (TPSA) is 91.2 Å². The van der Waals surface area contributed by atoms with Crippen molar-refractivity contribution in [1.82, 2.24) is 15.2 Å². The number of aromatic nitrogens is 3. The van der Waals surface area contributed by atoms with Gasteiger partial charge in [-0.15, -0.1) is 21.5 Å². The van der Waals surface area contributed by atoms with Crippen molar-refractivity contribution in [3.63, 3.8) is 0 Å². The number of benzene rings is 1. The molecule has 9 heteroatoms. The van der Waals surface area contributed by atoms with E-state index in [1.54, 1.807) is 30.6 Å². The Balaban J connectivity index is 1.81. The van der Waals surface area contributed by atoms with Crippen molar-refractivity contribution in [3.05, 3.63) is 47.6 Å². The van der Waals surface area contributed by atoms with Crippen molar-refractivity contribution >= 4 is 38.0 Å². The van der Waals surface area contributed by atoms with E-state index in [1.807, 2.05) is 0 Å². The van der Waals surface area contributed by atoms with E-state index in [9.17, 15) is 13.9 Å². The molecule has 1 aromatic carbocycles. The Hall–Kier alpha value is -2.75. The monoisotopic (exact) mass is 388 g/mol. The van der Waals surface area contributed by atoms with Crippen LogP contribution in [0.15, 0.2) is 36.7 Å². The molecular formula is C18H14F2N4O2S. The zero-order valence-electron chi connectivity index (χ0n) is 13.9. The molecule has 3 aromatic heterocycles. The van der Waals surface area contributed by atoms with E-state index in [2.05, 4.69) is 20.5 Å². The largest absolute Gasteiger partial charge is 0.394 e. The van der Waals surface area contributed by atoms with E-state index in [-0.39, 0.29) is 18.5 Å². The van der Waals surface area contributed by atoms with E-state index in [0.717, 1.165) is 16.7 Å². The number of thiophene rings is 1. The second kappa shape index (κ2) is 7.10. The Morgan fingerprint density at radius 2 is 1.96 bits per heavy atom. The maximum atomic E-state index is 13.7. The minimum absolute atomic E-state index is 0.105. The van der Waals surface area contributed by atoms with Crippen LogP contribution >= 0.6 is 11.3 Å². The molecule has 4 rings (SSSR count). The zero-order chi connectivity index (χ0) is 19.0. The van der Waals surface area contributed by atoms with Gasteiger partial charge in [0, 0.05) is 45.4 Å². The smallest absolute Gasteiger partial charge is 0.213 e. The van der Waals surface area contributed by atoms with Crippen LogP contribution < -0.4 is 5.32 Å². The third-order valence-corrected chi connectivity index (χ3v) is 5.08. The number of rotatable bonds is 5. The van der Waals surface area contributed by atoms with Crippen LogP contribution in [0.2, 0.25) is 0 Å². The number of halogens is 2. The number of pyridine rings is 1. The Morgan fingerprint density at radius 3 is 2.78 bits per heavy atom. The highest BCUT2D eigenvalue weighted by atomic mass is 32.1. The molecule has 4 aromatic rings. The fourth-order valence-corrected chi connectivity index (χ4v) is 3.65. The molecule has 0 fully saturated rings. The molecule has 0 unspecified atom stereocenters. The lowest BCUT2D eigenvalue weighted by Gasteiger charge is -2.12. The molecule has 3 N–H and O–H groups in total. The van der Waals surface area contributed by atoms with Gasteiger partial charge in [-0.05, 0) is 18.2 Å². The lowest BCUT2D eigenvalue weighted by atomic mass is 10.1. The highest BCUT2D eigenvalue weighted by molar-refractivity contribution is 7.17. The minimum atomic E-state index is -0.927. The number of aliphatic hydroxyl groups is 2. The molecule has 0 radical (unpaired) electrons. The number of anilines is 1. The van der Waals surface area contributed by atoms with Crippen LogP contribution in [0, 0.1) is 10.9 Å². The third kappa shape index (κ3) is 3.20. The summed E-state index contributed by atoms with van der Waals surface area (Å²) < 4.78 is 27.7. The number of aliphatic hydroxyl groups excluding tert-OH is 2. The van der Waals surface area contributed by atoms with Gasteiger partial charge in [0.1, 0.15) is 5.69 Å². The Labute approximate surface area is 156 Å². The predicted molar refractivity (Wildman–Crippen MR) is 99.7 cm³/mol. The quantitative estimate of drug-likeness (QED) is 0.487. The van der Waals surface area contributed by atoms with Crippen molar-refractivity contribution in [2.75, 3.05) is 18.5 Å². The number of hydrogen-bond acceptors (Lipinski definition) is 7. The predicted octanol–water partition coefficient (Wildman–Crippen LogP) is 2.95. The van der Waals surface area contributed by atoms with Gasteiger partial charge in [-0.25, -0.2) is 4.39 Å².